The summed E-state index contributed by atoms with van der Waals surface area (Å²) < 4.78 is 1.76. The molecule has 0 saturated heterocycles. The first-order valence-electron chi connectivity index (χ1n) is 7.41. The molecule has 0 bridgehead atoms. The van der Waals surface area contributed by atoms with Gasteiger partial charge in [0.2, 0.25) is 0 Å². The predicted octanol–water partition coefficient (Wildman–Crippen LogP) is 3.84. The molecule has 0 aliphatic heterocycles. The molecule has 23 heavy (non-hydrogen) atoms. The van der Waals surface area contributed by atoms with Gasteiger partial charge in [-0.15, -0.1) is 15.3 Å². The van der Waals surface area contributed by atoms with E-state index >= 15 is 0 Å². The molecule has 2 heterocycles. The van der Waals surface area contributed by atoms with E-state index < -0.39 is 0 Å². The van der Waals surface area contributed by atoms with Crippen molar-refractivity contribution in [1.29, 1.82) is 0 Å². The van der Waals surface area contributed by atoms with Gasteiger partial charge in [-0.05, 0) is 31.2 Å². The van der Waals surface area contributed by atoms with E-state index in [-0.39, 0.29) is 0 Å². The fourth-order valence-corrected chi connectivity index (χ4v) is 2.41. The second-order valence-electron chi connectivity index (χ2n) is 5.37. The van der Waals surface area contributed by atoms with Crippen LogP contribution in [0.4, 0.5) is 11.5 Å². The molecule has 0 fully saturated rings. The van der Waals surface area contributed by atoms with E-state index in [2.05, 4.69) is 39.7 Å². The minimum absolute atomic E-state index is 0.721. The van der Waals surface area contributed by atoms with E-state index in [1.165, 1.54) is 5.56 Å². The van der Waals surface area contributed by atoms with Gasteiger partial charge < -0.3 is 5.32 Å². The highest BCUT2D eigenvalue weighted by atomic mass is 15.4. The quantitative estimate of drug-likeness (QED) is 0.624. The van der Waals surface area contributed by atoms with Crippen molar-refractivity contribution in [2.75, 3.05) is 5.32 Å². The Hall–Kier alpha value is -3.21. The lowest BCUT2D eigenvalue weighted by Crippen LogP contribution is -2.00. The van der Waals surface area contributed by atoms with Gasteiger partial charge in [-0.25, -0.2) is 0 Å². The Morgan fingerprint density at radius 2 is 1.61 bits per heavy atom. The first kappa shape index (κ1) is 13.5. The van der Waals surface area contributed by atoms with Crippen LogP contribution >= 0.6 is 0 Å². The van der Waals surface area contributed by atoms with Gasteiger partial charge in [0.1, 0.15) is 0 Å². The summed E-state index contributed by atoms with van der Waals surface area (Å²) in [5.74, 6) is 1.48. The van der Waals surface area contributed by atoms with Gasteiger partial charge >= 0.3 is 0 Å². The van der Waals surface area contributed by atoms with Crippen LogP contribution in [-0.4, -0.2) is 19.8 Å². The van der Waals surface area contributed by atoms with Gasteiger partial charge in [0.05, 0.1) is 0 Å². The van der Waals surface area contributed by atoms with E-state index in [1.807, 2.05) is 54.6 Å². The number of fused-ring (bicyclic) bond motifs is 1. The van der Waals surface area contributed by atoms with Gasteiger partial charge in [0.25, 0.3) is 0 Å². The summed E-state index contributed by atoms with van der Waals surface area (Å²) in [6, 6.07) is 21.9. The van der Waals surface area contributed by atoms with E-state index in [1.54, 1.807) is 4.52 Å². The summed E-state index contributed by atoms with van der Waals surface area (Å²) in [5.41, 5.74) is 3.91. The van der Waals surface area contributed by atoms with Crippen molar-refractivity contribution < 1.29 is 0 Å². The predicted molar refractivity (Wildman–Crippen MR) is 90.7 cm³/mol. The molecule has 1 N–H and O–H groups in total. The Kier molecular flexibility index (Phi) is 3.24. The van der Waals surface area contributed by atoms with Crippen molar-refractivity contribution in [3.05, 3.63) is 72.3 Å². The second kappa shape index (κ2) is 5.53. The van der Waals surface area contributed by atoms with Crippen molar-refractivity contribution in [3.63, 3.8) is 0 Å². The summed E-state index contributed by atoms with van der Waals surface area (Å²) in [4.78, 5) is 0. The number of rotatable bonds is 3. The number of aryl methyl sites for hydroxylation is 1. The first-order chi connectivity index (χ1) is 11.3. The number of benzene rings is 2. The second-order valence-corrected chi connectivity index (χ2v) is 5.37. The Bertz CT molecular complexity index is 942. The van der Waals surface area contributed by atoms with Crippen LogP contribution in [0, 0.1) is 6.92 Å². The molecule has 0 unspecified atom stereocenters. The molecule has 5 heteroatoms. The van der Waals surface area contributed by atoms with E-state index in [9.17, 15) is 0 Å². The largest absolute Gasteiger partial charge is 0.339 e. The average Bonchev–Trinajstić information content (AvgIpc) is 3.00. The lowest BCUT2D eigenvalue weighted by Gasteiger charge is -2.06. The van der Waals surface area contributed by atoms with Crippen LogP contribution in [-0.2, 0) is 0 Å². The summed E-state index contributed by atoms with van der Waals surface area (Å²) in [7, 11) is 0. The van der Waals surface area contributed by atoms with Crippen molar-refractivity contribution >= 4 is 17.2 Å². The molecule has 0 spiro atoms. The fourth-order valence-electron chi connectivity index (χ4n) is 2.41. The molecule has 0 atom stereocenters. The number of hydrogen-bond acceptors (Lipinski definition) is 4. The van der Waals surface area contributed by atoms with E-state index in [0.29, 0.717) is 0 Å². The first-order valence-corrected chi connectivity index (χ1v) is 7.41. The lowest BCUT2D eigenvalue weighted by atomic mass is 10.1. The number of hydrogen-bond donors (Lipinski definition) is 1. The molecule has 5 nitrogen and oxygen atoms in total. The maximum atomic E-state index is 4.61. The molecule has 4 rings (SSSR count). The summed E-state index contributed by atoms with van der Waals surface area (Å²) in [6.45, 7) is 2.06. The Morgan fingerprint density at radius 3 is 2.39 bits per heavy atom. The van der Waals surface area contributed by atoms with Crippen molar-refractivity contribution in [2.24, 2.45) is 0 Å². The van der Waals surface area contributed by atoms with Gasteiger partial charge in [0, 0.05) is 11.3 Å². The molecule has 0 amide bonds. The minimum Gasteiger partial charge on any atom is -0.339 e. The molecule has 0 radical (unpaired) electrons. The minimum atomic E-state index is 0.721. The summed E-state index contributed by atoms with van der Waals surface area (Å²) >= 11 is 0. The Balaban J connectivity index is 1.75. The van der Waals surface area contributed by atoms with Crippen LogP contribution < -0.4 is 5.32 Å². The lowest BCUT2D eigenvalue weighted by molar-refractivity contribution is 0.941. The third kappa shape index (κ3) is 2.64. The maximum absolute atomic E-state index is 4.61. The molecule has 0 aliphatic carbocycles. The smallest absolute Gasteiger partial charge is 0.185 e. The fraction of sp³-hybridized carbons (Fsp3) is 0.0556. The zero-order valence-corrected chi connectivity index (χ0v) is 12.6. The molecule has 4 aromatic rings. The molecule has 0 saturated carbocycles. The van der Waals surface area contributed by atoms with Crippen LogP contribution in [0.2, 0.25) is 0 Å². The van der Waals surface area contributed by atoms with Crippen LogP contribution in [0.15, 0.2) is 66.7 Å². The highest BCUT2D eigenvalue weighted by molar-refractivity contribution is 5.61. The third-order valence-corrected chi connectivity index (χ3v) is 3.62. The van der Waals surface area contributed by atoms with Gasteiger partial charge in [-0.1, -0.05) is 48.0 Å². The van der Waals surface area contributed by atoms with Crippen LogP contribution in [0.1, 0.15) is 5.56 Å². The van der Waals surface area contributed by atoms with Crippen molar-refractivity contribution in [1.82, 2.24) is 19.8 Å². The zero-order chi connectivity index (χ0) is 15.6. The zero-order valence-electron chi connectivity index (χ0n) is 12.6. The molecular formula is C18H15N5. The SMILES string of the molecule is Cc1ccc(-c2nnc3ccc(Nc4ccccc4)nn23)cc1. The number of nitrogens with one attached hydrogen (secondary N) is 1. The van der Waals surface area contributed by atoms with Gasteiger partial charge in [0.15, 0.2) is 17.3 Å². The third-order valence-electron chi connectivity index (χ3n) is 3.62. The van der Waals surface area contributed by atoms with E-state index in [0.717, 1.165) is 28.5 Å². The molecule has 2 aromatic heterocycles. The van der Waals surface area contributed by atoms with Crippen LogP contribution in [0.5, 0.6) is 0 Å². The highest BCUT2D eigenvalue weighted by Gasteiger charge is 2.09. The number of anilines is 2. The standard InChI is InChI=1S/C18H15N5/c1-13-7-9-14(10-8-13)18-21-20-17-12-11-16(22-23(17)18)19-15-5-3-2-4-6-15/h2-12H,1H3,(H,19,22). The normalized spacial score (nSPS) is 10.8. The topological polar surface area (TPSA) is 55.1 Å². The summed E-state index contributed by atoms with van der Waals surface area (Å²) in [5, 5.41) is 16.4. The van der Waals surface area contributed by atoms with Crippen LogP contribution in [0.3, 0.4) is 0 Å². The molecule has 2 aromatic carbocycles. The monoisotopic (exact) mass is 301 g/mol. The average molecular weight is 301 g/mol. The van der Waals surface area contributed by atoms with Gasteiger partial charge in [-0.3, -0.25) is 0 Å². The number of para-hydroxylation sites is 1. The van der Waals surface area contributed by atoms with Crippen LogP contribution in [0.25, 0.3) is 17.0 Å². The highest BCUT2D eigenvalue weighted by Crippen LogP contribution is 2.20. The Labute approximate surface area is 133 Å². The maximum Gasteiger partial charge on any atom is 0.185 e. The molecule has 0 aliphatic rings. The molecular weight excluding hydrogens is 286 g/mol. The number of nitrogens with zero attached hydrogens (tertiary/aromatic N) is 4. The molecule has 112 valence electrons. The summed E-state index contributed by atoms with van der Waals surface area (Å²) in [6.07, 6.45) is 0. The van der Waals surface area contributed by atoms with E-state index in [4.69, 9.17) is 0 Å². The van der Waals surface area contributed by atoms with Crippen molar-refractivity contribution in [3.8, 4) is 11.4 Å². The van der Waals surface area contributed by atoms with Gasteiger partial charge in [-0.2, -0.15) is 4.52 Å². The van der Waals surface area contributed by atoms with Crippen molar-refractivity contribution in [2.45, 2.75) is 6.92 Å². The Morgan fingerprint density at radius 1 is 0.826 bits per heavy atom. The number of aromatic nitrogens is 4.